The monoisotopic (exact) mass is 285 g/mol. The number of pyridine rings is 1. The first-order valence-electron chi connectivity index (χ1n) is 6.01. The second-order valence-corrected chi connectivity index (χ2v) is 4.14. The Balaban J connectivity index is 2.88. The number of hydrogen-bond donors (Lipinski definition) is 0. The molecule has 0 fully saturated rings. The molecule has 0 unspecified atom stereocenters. The van der Waals surface area contributed by atoms with Crippen molar-refractivity contribution in [2.24, 2.45) is 5.92 Å². The van der Waals surface area contributed by atoms with E-state index in [1.807, 2.05) is 0 Å². The first-order valence-corrected chi connectivity index (χ1v) is 6.39. The van der Waals surface area contributed by atoms with E-state index in [1.165, 1.54) is 6.20 Å². The molecule has 0 bridgehead atoms. The second-order valence-electron chi connectivity index (χ2n) is 3.73. The SMILES string of the molecule is CCOC(=O)C(Cc1ccncc1Cl)C(=O)OCC. The topological polar surface area (TPSA) is 65.5 Å². The Morgan fingerprint density at radius 3 is 2.32 bits per heavy atom. The molecule has 0 radical (unpaired) electrons. The van der Waals surface area contributed by atoms with E-state index in [0.29, 0.717) is 10.6 Å². The number of aromatic nitrogens is 1. The number of halogens is 1. The number of esters is 2. The van der Waals surface area contributed by atoms with Crippen molar-refractivity contribution in [2.45, 2.75) is 20.3 Å². The van der Waals surface area contributed by atoms with Crippen molar-refractivity contribution in [1.29, 1.82) is 0 Å². The van der Waals surface area contributed by atoms with Gasteiger partial charge in [0.1, 0.15) is 0 Å². The van der Waals surface area contributed by atoms with Crippen molar-refractivity contribution in [2.75, 3.05) is 13.2 Å². The summed E-state index contributed by atoms with van der Waals surface area (Å²) in [6.07, 6.45) is 3.15. The zero-order chi connectivity index (χ0) is 14.3. The number of carbonyl (C=O) groups is 2. The van der Waals surface area contributed by atoms with E-state index in [9.17, 15) is 9.59 Å². The van der Waals surface area contributed by atoms with Crippen LogP contribution in [0.2, 0.25) is 5.02 Å². The van der Waals surface area contributed by atoms with Gasteiger partial charge in [-0.15, -0.1) is 0 Å². The molecule has 0 aliphatic heterocycles. The summed E-state index contributed by atoms with van der Waals surface area (Å²) in [5.41, 5.74) is 0.655. The van der Waals surface area contributed by atoms with Gasteiger partial charge in [-0.05, 0) is 31.9 Å². The molecular formula is C13H16ClNO4. The fourth-order valence-corrected chi connectivity index (χ4v) is 1.73. The Labute approximate surface area is 116 Å². The van der Waals surface area contributed by atoms with Crippen molar-refractivity contribution in [1.82, 2.24) is 4.98 Å². The molecule has 0 spiro atoms. The fraction of sp³-hybridized carbons (Fsp3) is 0.462. The summed E-state index contributed by atoms with van der Waals surface area (Å²) in [7, 11) is 0. The highest BCUT2D eigenvalue weighted by atomic mass is 35.5. The van der Waals surface area contributed by atoms with Gasteiger partial charge in [0.15, 0.2) is 5.92 Å². The number of hydrogen-bond acceptors (Lipinski definition) is 5. The van der Waals surface area contributed by atoms with Crippen LogP contribution in [0, 0.1) is 5.92 Å². The third-order valence-electron chi connectivity index (χ3n) is 2.42. The number of nitrogens with zero attached hydrogens (tertiary/aromatic N) is 1. The third kappa shape index (κ3) is 4.52. The molecule has 104 valence electrons. The predicted molar refractivity (Wildman–Crippen MR) is 69.7 cm³/mol. The molecule has 0 aliphatic rings. The summed E-state index contributed by atoms with van der Waals surface area (Å²) in [6, 6.07) is 1.66. The van der Waals surface area contributed by atoms with E-state index in [-0.39, 0.29) is 19.6 Å². The zero-order valence-corrected chi connectivity index (χ0v) is 11.6. The number of ether oxygens (including phenoxy) is 2. The lowest BCUT2D eigenvalue weighted by Crippen LogP contribution is -2.30. The third-order valence-corrected chi connectivity index (χ3v) is 2.76. The van der Waals surface area contributed by atoms with Crippen LogP contribution in [0.4, 0.5) is 0 Å². The van der Waals surface area contributed by atoms with E-state index >= 15 is 0 Å². The second kappa shape index (κ2) is 7.74. The maximum absolute atomic E-state index is 11.8. The predicted octanol–water partition coefficient (Wildman–Crippen LogP) is 2.02. The van der Waals surface area contributed by atoms with E-state index in [4.69, 9.17) is 21.1 Å². The van der Waals surface area contributed by atoms with Crippen LogP contribution in [0.1, 0.15) is 19.4 Å². The molecule has 1 heterocycles. The van der Waals surface area contributed by atoms with Gasteiger partial charge < -0.3 is 9.47 Å². The lowest BCUT2D eigenvalue weighted by Gasteiger charge is -2.14. The van der Waals surface area contributed by atoms with Gasteiger partial charge in [-0.1, -0.05) is 11.6 Å². The molecule has 0 saturated carbocycles. The lowest BCUT2D eigenvalue weighted by atomic mass is 10.0. The average Bonchev–Trinajstić information content (AvgIpc) is 2.38. The molecule has 1 rings (SSSR count). The molecule has 0 amide bonds. The van der Waals surface area contributed by atoms with Crippen molar-refractivity contribution in [3.8, 4) is 0 Å². The van der Waals surface area contributed by atoms with Crippen molar-refractivity contribution in [3.05, 3.63) is 29.0 Å². The van der Waals surface area contributed by atoms with Crippen LogP contribution < -0.4 is 0 Å². The molecule has 0 saturated heterocycles. The Hall–Kier alpha value is -1.62. The maximum atomic E-state index is 11.8. The van der Waals surface area contributed by atoms with Crippen LogP contribution in [0.5, 0.6) is 0 Å². The van der Waals surface area contributed by atoms with Crippen LogP contribution in [-0.2, 0) is 25.5 Å². The van der Waals surface area contributed by atoms with Crippen molar-refractivity contribution >= 4 is 23.5 Å². The summed E-state index contributed by atoms with van der Waals surface area (Å²) in [6.45, 7) is 3.77. The minimum atomic E-state index is -1.00. The molecule has 6 heteroatoms. The molecule has 0 aromatic carbocycles. The van der Waals surface area contributed by atoms with Crippen LogP contribution >= 0.6 is 11.6 Å². The van der Waals surface area contributed by atoms with Crippen LogP contribution in [-0.4, -0.2) is 30.1 Å². The molecule has 0 N–H and O–H groups in total. The smallest absolute Gasteiger partial charge is 0.320 e. The molecule has 19 heavy (non-hydrogen) atoms. The average molecular weight is 286 g/mol. The Kier molecular flexibility index (Phi) is 6.29. The summed E-state index contributed by atoms with van der Waals surface area (Å²) < 4.78 is 9.77. The summed E-state index contributed by atoms with van der Waals surface area (Å²) in [5, 5.41) is 0.404. The Morgan fingerprint density at radius 1 is 1.26 bits per heavy atom. The first-order chi connectivity index (χ1) is 9.10. The van der Waals surface area contributed by atoms with Crippen LogP contribution in [0.3, 0.4) is 0 Å². The summed E-state index contributed by atoms with van der Waals surface area (Å²) >= 11 is 5.97. The van der Waals surface area contributed by atoms with Gasteiger partial charge in [-0.3, -0.25) is 14.6 Å². The minimum absolute atomic E-state index is 0.138. The van der Waals surface area contributed by atoms with Gasteiger partial charge in [-0.25, -0.2) is 0 Å². The van der Waals surface area contributed by atoms with E-state index < -0.39 is 17.9 Å². The van der Waals surface area contributed by atoms with Gasteiger partial charge in [0.2, 0.25) is 0 Å². The van der Waals surface area contributed by atoms with Crippen LogP contribution in [0.25, 0.3) is 0 Å². The van der Waals surface area contributed by atoms with Gasteiger partial charge >= 0.3 is 11.9 Å². The molecule has 0 aliphatic carbocycles. The first kappa shape index (κ1) is 15.4. The van der Waals surface area contributed by atoms with Gasteiger partial charge in [0, 0.05) is 12.4 Å². The highest BCUT2D eigenvalue weighted by molar-refractivity contribution is 6.31. The molecule has 5 nitrogen and oxygen atoms in total. The molecule has 1 aromatic heterocycles. The molecule has 0 atom stereocenters. The summed E-state index contributed by atoms with van der Waals surface area (Å²) in [4.78, 5) is 27.4. The number of carbonyl (C=O) groups excluding carboxylic acids is 2. The molecular weight excluding hydrogens is 270 g/mol. The lowest BCUT2D eigenvalue weighted by molar-refractivity contribution is -0.161. The van der Waals surface area contributed by atoms with Gasteiger partial charge in [-0.2, -0.15) is 0 Å². The Bertz CT molecular complexity index is 432. The zero-order valence-electron chi connectivity index (χ0n) is 10.9. The van der Waals surface area contributed by atoms with E-state index in [2.05, 4.69) is 4.98 Å². The largest absolute Gasteiger partial charge is 0.465 e. The quantitative estimate of drug-likeness (QED) is 0.591. The maximum Gasteiger partial charge on any atom is 0.320 e. The van der Waals surface area contributed by atoms with Gasteiger partial charge in [0.25, 0.3) is 0 Å². The number of rotatable bonds is 6. The van der Waals surface area contributed by atoms with E-state index in [0.717, 1.165) is 0 Å². The van der Waals surface area contributed by atoms with Crippen LogP contribution in [0.15, 0.2) is 18.5 Å². The highest BCUT2D eigenvalue weighted by Crippen LogP contribution is 2.19. The van der Waals surface area contributed by atoms with Crippen molar-refractivity contribution < 1.29 is 19.1 Å². The van der Waals surface area contributed by atoms with E-state index in [1.54, 1.807) is 26.1 Å². The van der Waals surface area contributed by atoms with Crippen molar-refractivity contribution in [3.63, 3.8) is 0 Å². The Morgan fingerprint density at radius 2 is 1.84 bits per heavy atom. The normalized spacial score (nSPS) is 10.3. The molecule has 1 aromatic rings. The van der Waals surface area contributed by atoms with Gasteiger partial charge in [0.05, 0.1) is 18.2 Å². The highest BCUT2D eigenvalue weighted by Gasteiger charge is 2.30. The summed E-state index contributed by atoms with van der Waals surface area (Å²) in [5.74, 6) is -2.21. The fourth-order valence-electron chi connectivity index (χ4n) is 1.54. The minimum Gasteiger partial charge on any atom is -0.465 e. The standard InChI is InChI=1S/C13H16ClNO4/c1-3-18-12(16)10(13(17)19-4-2)7-9-5-6-15-8-11(9)14/h5-6,8,10H,3-4,7H2,1-2H3.